The Morgan fingerprint density at radius 2 is 1.68 bits per heavy atom. The smallest absolute Gasteiger partial charge is 0.286 e. The second kappa shape index (κ2) is 14.7. The van der Waals surface area contributed by atoms with Crippen LogP contribution in [-0.2, 0) is 11.3 Å². The van der Waals surface area contributed by atoms with Gasteiger partial charge in [-0.15, -0.1) is 10.2 Å². The summed E-state index contributed by atoms with van der Waals surface area (Å²) in [5.74, 6) is -0.292. The summed E-state index contributed by atoms with van der Waals surface area (Å²) in [4.78, 5) is 44.7. The molecule has 1 saturated carbocycles. The molecule has 1 fully saturated rings. The van der Waals surface area contributed by atoms with Crippen molar-refractivity contribution < 1.29 is 18.8 Å². The minimum absolute atomic E-state index is 0.113. The number of hydrogen-bond acceptors (Lipinski definition) is 9. The predicted molar refractivity (Wildman–Crippen MR) is 156 cm³/mol. The van der Waals surface area contributed by atoms with Crippen LogP contribution in [0.3, 0.4) is 0 Å². The highest BCUT2D eigenvalue weighted by molar-refractivity contribution is 7.99. The van der Waals surface area contributed by atoms with E-state index in [1.54, 1.807) is 12.1 Å². The third kappa shape index (κ3) is 9.14. The van der Waals surface area contributed by atoms with Crippen molar-refractivity contribution in [2.45, 2.75) is 75.7 Å². The van der Waals surface area contributed by atoms with Crippen molar-refractivity contribution in [3.8, 4) is 0 Å². The molecule has 220 valence electrons. The molecule has 40 heavy (non-hydrogen) atoms. The standard InChI is InChI=1S/C29H44N6O4S/c1-20(2)18-23(24(36)26-32-33-28(39-26)40-17-16-34(3)4)30-27(38)29(14-8-7-9-15-29)31-25(37)22-12-10-21(11-13-22)19-35(5)6/h10-13,20,23H,7-9,14-19H2,1-6H3,(H,30,38)(H,31,37). The van der Waals surface area contributed by atoms with Crippen LogP contribution in [0.15, 0.2) is 33.9 Å². The number of carbonyl (C=O) groups is 3. The van der Waals surface area contributed by atoms with Crippen LogP contribution in [0, 0.1) is 5.92 Å². The number of hydrogen-bond donors (Lipinski definition) is 2. The van der Waals surface area contributed by atoms with E-state index in [-0.39, 0.29) is 23.6 Å². The molecule has 10 nitrogen and oxygen atoms in total. The zero-order valence-electron chi connectivity index (χ0n) is 24.7. The minimum atomic E-state index is -1.09. The Hall–Kier alpha value is -2.76. The van der Waals surface area contributed by atoms with Gasteiger partial charge < -0.3 is 24.9 Å². The lowest BCUT2D eigenvalue weighted by Crippen LogP contribution is -2.62. The average Bonchev–Trinajstić information content (AvgIpc) is 3.37. The fourth-order valence-corrected chi connectivity index (χ4v) is 5.68. The second-order valence-corrected chi connectivity index (χ2v) is 12.6. The van der Waals surface area contributed by atoms with Crippen molar-refractivity contribution in [1.82, 2.24) is 30.6 Å². The first-order chi connectivity index (χ1) is 19.0. The Bertz CT molecular complexity index is 1130. The lowest BCUT2D eigenvalue weighted by atomic mass is 9.80. The van der Waals surface area contributed by atoms with Gasteiger partial charge in [-0.2, -0.15) is 0 Å². The second-order valence-electron chi connectivity index (χ2n) is 11.6. The largest absolute Gasteiger partial charge is 0.408 e. The van der Waals surface area contributed by atoms with Gasteiger partial charge in [-0.1, -0.05) is 57.0 Å². The van der Waals surface area contributed by atoms with E-state index in [0.717, 1.165) is 43.7 Å². The van der Waals surface area contributed by atoms with Gasteiger partial charge in [-0.25, -0.2) is 0 Å². The molecule has 1 aromatic carbocycles. The quantitative estimate of drug-likeness (QED) is 0.258. The fraction of sp³-hybridized carbons (Fsp3) is 0.621. The number of benzene rings is 1. The molecule has 1 atom stereocenters. The highest BCUT2D eigenvalue weighted by atomic mass is 32.2. The molecular formula is C29H44N6O4S. The summed E-state index contributed by atoms with van der Waals surface area (Å²) in [5.41, 5.74) is 0.511. The maximum atomic E-state index is 13.8. The molecule has 1 heterocycles. The number of thioether (sulfide) groups is 1. The molecule has 2 amide bonds. The summed E-state index contributed by atoms with van der Waals surface area (Å²) in [6.45, 7) is 5.58. The van der Waals surface area contributed by atoms with Crippen LogP contribution >= 0.6 is 11.8 Å². The van der Waals surface area contributed by atoms with Crippen molar-refractivity contribution in [1.29, 1.82) is 0 Å². The van der Waals surface area contributed by atoms with E-state index in [4.69, 9.17) is 4.42 Å². The van der Waals surface area contributed by atoms with Gasteiger partial charge >= 0.3 is 0 Å². The predicted octanol–water partition coefficient (Wildman–Crippen LogP) is 3.63. The number of Topliss-reactive ketones (excluding diaryl/α,β-unsaturated/α-hetero) is 1. The molecule has 1 aliphatic carbocycles. The maximum Gasteiger partial charge on any atom is 0.286 e. The highest BCUT2D eigenvalue weighted by Gasteiger charge is 2.43. The molecule has 0 saturated heterocycles. The van der Waals surface area contributed by atoms with Crippen LogP contribution in [0.25, 0.3) is 0 Å². The van der Waals surface area contributed by atoms with Gasteiger partial charge in [-0.3, -0.25) is 14.4 Å². The number of amides is 2. The molecule has 0 aliphatic heterocycles. The van der Waals surface area contributed by atoms with Crippen LogP contribution in [0.1, 0.15) is 79.0 Å². The Kier molecular flexibility index (Phi) is 11.7. The van der Waals surface area contributed by atoms with Crippen molar-refractivity contribution >= 4 is 29.4 Å². The van der Waals surface area contributed by atoms with Crippen LogP contribution < -0.4 is 10.6 Å². The summed E-state index contributed by atoms with van der Waals surface area (Å²) in [6, 6.07) is 6.59. The zero-order chi connectivity index (χ0) is 29.3. The lowest BCUT2D eigenvalue weighted by Gasteiger charge is -2.37. The van der Waals surface area contributed by atoms with Crippen molar-refractivity contribution in [2.75, 3.05) is 40.5 Å². The Morgan fingerprint density at radius 1 is 1.00 bits per heavy atom. The normalized spacial score (nSPS) is 15.8. The molecule has 1 unspecified atom stereocenters. The van der Waals surface area contributed by atoms with Gasteiger partial charge in [0.1, 0.15) is 5.54 Å². The van der Waals surface area contributed by atoms with Crippen LogP contribution in [0.4, 0.5) is 0 Å². The third-order valence-corrected chi connectivity index (χ3v) is 7.72. The van der Waals surface area contributed by atoms with Crippen LogP contribution in [0.2, 0.25) is 0 Å². The van der Waals surface area contributed by atoms with E-state index in [9.17, 15) is 14.4 Å². The highest BCUT2D eigenvalue weighted by Crippen LogP contribution is 2.30. The zero-order valence-corrected chi connectivity index (χ0v) is 25.5. The molecule has 2 N–H and O–H groups in total. The Balaban J connectivity index is 1.75. The number of rotatable bonds is 14. The summed E-state index contributed by atoms with van der Waals surface area (Å²) in [7, 11) is 7.94. The van der Waals surface area contributed by atoms with Crippen molar-refractivity contribution in [3.63, 3.8) is 0 Å². The first-order valence-corrected chi connectivity index (χ1v) is 15.0. The summed E-state index contributed by atoms with van der Waals surface area (Å²) < 4.78 is 5.65. The van der Waals surface area contributed by atoms with Gasteiger partial charge in [-0.05, 0) is 71.1 Å². The molecular weight excluding hydrogens is 528 g/mol. The first kappa shape index (κ1) is 31.8. The number of aromatic nitrogens is 2. The SMILES string of the molecule is CC(C)CC(NC(=O)C1(NC(=O)c2ccc(CN(C)C)cc2)CCCCC1)C(=O)c1nnc(SCCN(C)C)o1. The van der Waals surface area contributed by atoms with Crippen LogP contribution in [0.5, 0.6) is 0 Å². The summed E-state index contributed by atoms with van der Waals surface area (Å²) >= 11 is 1.39. The van der Waals surface area contributed by atoms with Gasteiger partial charge in [0.25, 0.3) is 17.0 Å². The molecule has 0 spiro atoms. The monoisotopic (exact) mass is 572 g/mol. The summed E-state index contributed by atoms with van der Waals surface area (Å²) in [5, 5.41) is 14.3. The van der Waals surface area contributed by atoms with Gasteiger partial charge in [0.15, 0.2) is 0 Å². The van der Waals surface area contributed by atoms with Gasteiger partial charge in [0, 0.05) is 24.4 Å². The lowest BCUT2D eigenvalue weighted by molar-refractivity contribution is -0.129. The van der Waals surface area contributed by atoms with E-state index < -0.39 is 17.4 Å². The third-order valence-electron chi connectivity index (χ3n) is 6.92. The van der Waals surface area contributed by atoms with E-state index >= 15 is 0 Å². The summed E-state index contributed by atoms with van der Waals surface area (Å²) in [6.07, 6.45) is 4.06. The Labute approximate surface area is 242 Å². The number of nitrogens with zero attached hydrogens (tertiary/aromatic N) is 4. The molecule has 0 radical (unpaired) electrons. The van der Waals surface area contributed by atoms with E-state index in [1.807, 2.05) is 59.1 Å². The number of carbonyl (C=O) groups excluding carboxylic acids is 3. The molecule has 2 aromatic rings. The molecule has 3 rings (SSSR count). The van der Waals surface area contributed by atoms with Crippen molar-refractivity contribution in [3.05, 3.63) is 41.3 Å². The molecule has 1 aliphatic rings. The number of nitrogens with one attached hydrogen (secondary N) is 2. The topological polar surface area (TPSA) is 121 Å². The molecule has 1 aromatic heterocycles. The van der Waals surface area contributed by atoms with Gasteiger partial charge in [0.05, 0.1) is 6.04 Å². The molecule has 0 bridgehead atoms. The van der Waals surface area contributed by atoms with E-state index in [2.05, 4.69) is 25.7 Å². The van der Waals surface area contributed by atoms with E-state index in [1.165, 1.54) is 11.8 Å². The fourth-order valence-electron chi connectivity index (χ4n) is 4.81. The number of ketones is 1. The molecule has 11 heteroatoms. The maximum absolute atomic E-state index is 13.8. The van der Waals surface area contributed by atoms with Crippen molar-refractivity contribution in [2.24, 2.45) is 5.92 Å². The van der Waals surface area contributed by atoms with E-state index in [0.29, 0.717) is 30.0 Å². The first-order valence-electron chi connectivity index (χ1n) is 14.0. The average molecular weight is 573 g/mol. The van der Waals surface area contributed by atoms with Gasteiger partial charge in [0.2, 0.25) is 11.7 Å². The Morgan fingerprint density at radius 3 is 2.27 bits per heavy atom. The van der Waals surface area contributed by atoms with Crippen LogP contribution in [-0.4, -0.2) is 89.7 Å². The minimum Gasteiger partial charge on any atom is -0.408 e.